The van der Waals surface area contributed by atoms with Crippen LogP contribution in [0.5, 0.6) is 0 Å². The van der Waals surface area contributed by atoms with Gasteiger partial charge in [0.15, 0.2) is 0 Å². The largest absolute Gasteiger partial charge is 0.361 e. The number of hydrogen-bond acceptors (Lipinski definition) is 7. The number of aryl methyl sites for hydroxylation is 1. The van der Waals surface area contributed by atoms with E-state index in [1.807, 2.05) is 49.5 Å². The van der Waals surface area contributed by atoms with Crippen LogP contribution in [0.3, 0.4) is 0 Å². The number of aromatic nitrogens is 3. The normalized spacial score (nSPS) is 10.7. The molecule has 0 aliphatic heterocycles. The maximum Gasteiger partial charge on any atom is 0.258 e. The van der Waals surface area contributed by atoms with Crippen LogP contribution in [0.15, 0.2) is 87.6 Å². The summed E-state index contributed by atoms with van der Waals surface area (Å²) in [6.07, 6.45) is 5.32. The van der Waals surface area contributed by atoms with Crippen LogP contribution in [0.4, 0.5) is 5.69 Å². The number of nitrogens with zero attached hydrogens (tertiary/aromatic N) is 3. The first kappa shape index (κ1) is 21.1. The first-order chi connectivity index (χ1) is 15.2. The molecule has 8 heteroatoms. The van der Waals surface area contributed by atoms with Gasteiger partial charge < -0.3 is 9.84 Å². The molecule has 0 aliphatic carbocycles. The highest BCUT2D eigenvalue weighted by molar-refractivity contribution is 7.98. The minimum Gasteiger partial charge on any atom is -0.361 e. The first-order valence-corrected chi connectivity index (χ1v) is 11.6. The summed E-state index contributed by atoms with van der Waals surface area (Å²) in [5.74, 6) is 2.00. The molecule has 6 nitrogen and oxygen atoms in total. The third-order valence-corrected chi connectivity index (χ3v) is 6.41. The minimum atomic E-state index is -0.192. The molecule has 1 N–H and O–H groups in total. The number of pyridine rings is 2. The van der Waals surface area contributed by atoms with Gasteiger partial charge in [0.05, 0.1) is 11.3 Å². The number of amides is 1. The lowest BCUT2D eigenvalue weighted by atomic mass is 10.2. The van der Waals surface area contributed by atoms with Crippen LogP contribution < -0.4 is 5.32 Å². The Hall–Kier alpha value is -3.10. The van der Waals surface area contributed by atoms with Crippen molar-refractivity contribution in [3.05, 3.63) is 95.8 Å². The van der Waals surface area contributed by atoms with Gasteiger partial charge in [-0.05, 0) is 55.0 Å². The van der Waals surface area contributed by atoms with Gasteiger partial charge in [0, 0.05) is 46.7 Å². The molecule has 0 atom stereocenters. The molecular weight excluding hydrogens is 428 g/mol. The number of benzene rings is 1. The van der Waals surface area contributed by atoms with Crippen molar-refractivity contribution in [1.29, 1.82) is 0 Å². The van der Waals surface area contributed by atoms with Crippen molar-refractivity contribution in [1.82, 2.24) is 15.1 Å². The lowest BCUT2D eigenvalue weighted by Gasteiger charge is -2.09. The van der Waals surface area contributed by atoms with Gasteiger partial charge >= 0.3 is 0 Å². The maximum absolute atomic E-state index is 12.8. The molecule has 0 bridgehead atoms. The lowest BCUT2D eigenvalue weighted by Crippen LogP contribution is -2.13. The van der Waals surface area contributed by atoms with E-state index in [0.29, 0.717) is 16.3 Å². The molecule has 0 saturated carbocycles. The fraction of sp³-hybridized carbons (Fsp3) is 0.130. The SMILES string of the molecule is Cc1cc(CSc2ncccc2C(=O)Nc2ccc(SCc3cccnc3)cc2)no1. The quantitative estimate of drug-likeness (QED) is 0.351. The monoisotopic (exact) mass is 448 g/mol. The van der Waals surface area contributed by atoms with E-state index in [-0.39, 0.29) is 5.91 Å². The van der Waals surface area contributed by atoms with E-state index in [4.69, 9.17) is 4.52 Å². The molecule has 0 fully saturated rings. The van der Waals surface area contributed by atoms with Crippen LogP contribution in [-0.4, -0.2) is 21.0 Å². The van der Waals surface area contributed by atoms with Crippen LogP contribution in [0.2, 0.25) is 0 Å². The number of carbonyl (C=O) groups excluding carboxylic acids is 1. The van der Waals surface area contributed by atoms with Crippen molar-refractivity contribution >= 4 is 35.1 Å². The van der Waals surface area contributed by atoms with Gasteiger partial charge in [-0.2, -0.15) is 0 Å². The zero-order chi connectivity index (χ0) is 21.5. The Morgan fingerprint density at radius 3 is 2.61 bits per heavy atom. The number of hydrogen-bond donors (Lipinski definition) is 1. The number of carbonyl (C=O) groups is 1. The van der Waals surface area contributed by atoms with E-state index < -0.39 is 0 Å². The summed E-state index contributed by atoms with van der Waals surface area (Å²) in [4.78, 5) is 22.5. The Labute approximate surface area is 188 Å². The molecule has 3 heterocycles. The first-order valence-electron chi connectivity index (χ1n) is 9.60. The highest BCUT2D eigenvalue weighted by Gasteiger charge is 2.14. The Bertz CT molecular complexity index is 1150. The third-order valence-electron chi connectivity index (χ3n) is 4.29. The van der Waals surface area contributed by atoms with Crippen LogP contribution >= 0.6 is 23.5 Å². The highest BCUT2D eigenvalue weighted by Crippen LogP contribution is 2.26. The molecule has 3 aromatic heterocycles. The van der Waals surface area contributed by atoms with E-state index >= 15 is 0 Å². The molecule has 0 spiro atoms. The zero-order valence-electron chi connectivity index (χ0n) is 16.8. The highest BCUT2D eigenvalue weighted by atomic mass is 32.2. The fourth-order valence-corrected chi connectivity index (χ4v) is 4.49. The summed E-state index contributed by atoms with van der Waals surface area (Å²) in [6.45, 7) is 1.85. The van der Waals surface area contributed by atoms with Crippen LogP contribution in [-0.2, 0) is 11.5 Å². The summed E-state index contributed by atoms with van der Waals surface area (Å²) in [5, 5.41) is 7.60. The number of rotatable bonds is 8. The summed E-state index contributed by atoms with van der Waals surface area (Å²) in [6, 6.07) is 17.2. The Morgan fingerprint density at radius 2 is 1.87 bits per heavy atom. The van der Waals surface area contributed by atoms with Crippen LogP contribution in [0.1, 0.15) is 27.4 Å². The second kappa shape index (κ2) is 10.3. The van der Waals surface area contributed by atoms with Crippen LogP contribution in [0, 0.1) is 6.92 Å². The van der Waals surface area contributed by atoms with Gasteiger partial charge in [0.2, 0.25) is 0 Å². The summed E-state index contributed by atoms with van der Waals surface area (Å²) >= 11 is 3.18. The second-order valence-electron chi connectivity index (χ2n) is 6.70. The van der Waals surface area contributed by atoms with Crippen molar-refractivity contribution in [2.75, 3.05) is 5.32 Å². The van der Waals surface area contributed by atoms with E-state index in [1.54, 1.807) is 36.3 Å². The average Bonchev–Trinajstić information content (AvgIpc) is 3.23. The summed E-state index contributed by atoms with van der Waals surface area (Å²) in [7, 11) is 0. The van der Waals surface area contributed by atoms with E-state index in [2.05, 4.69) is 26.5 Å². The third kappa shape index (κ3) is 5.96. The van der Waals surface area contributed by atoms with Gasteiger partial charge in [0.1, 0.15) is 10.8 Å². The topological polar surface area (TPSA) is 80.9 Å². The van der Waals surface area contributed by atoms with Gasteiger partial charge in [0.25, 0.3) is 5.91 Å². The van der Waals surface area contributed by atoms with Gasteiger partial charge in [-0.3, -0.25) is 9.78 Å². The Balaban J connectivity index is 1.36. The Kier molecular flexibility index (Phi) is 7.01. The molecule has 156 valence electrons. The predicted octanol–water partition coefficient (Wildman–Crippen LogP) is 5.61. The molecular formula is C23H20N4O2S2. The predicted molar refractivity (Wildman–Crippen MR) is 123 cm³/mol. The second-order valence-corrected chi connectivity index (χ2v) is 8.71. The van der Waals surface area contributed by atoms with E-state index in [0.717, 1.165) is 27.8 Å². The minimum absolute atomic E-state index is 0.192. The maximum atomic E-state index is 12.8. The molecule has 31 heavy (non-hydrogen) atoms. The molecule has 0 radical (unpaired) electrons. The number of thioether (sulfide) groups is 2. The molecule has 1 amide bonds. The standard InChI is InChI=1S/C23H20N4O2S2/c1-16-12-19(27-29-16)15-31-23-21(5-3-11-25-23)22(28)26-18-6-8-20(9-7-18)30-14-17-4-2-10-24-13-17/h2-13H,14-15H2,1H3,(H,26,28). The molecule has 4 rings (SSSR count). The van der Waals surface area contributed by atoms with Crippen molar-refractivity contribution < 1.29 is 9.32 Å². The van der Waals surface area contributed by atoms with Crippen molar-refractivity contribution in [3.63, 3.8) is 0 Å². The zero-order valence-corrected chi connectivity index (χ0v) is 18.5. The number of nitrogens with one attached hydrogen (secondary N) is 1. The van der Waals surface area contributed by atoms with E-state index in [1.165, 1.54) is 17.3 Å². The van der Waals surface area contributed by atoms with Gasteiger partial charge in [-0.1, -0.05) is 23.0 Å². The smallest absolute Gasteiger partial charge is 0.258 e. The summed E-state index contributed by atoms with van der Waals surface area (Å²) in [5.41, 5.74) is 3.26. The Morgan fingerprint density at radius 1 is 1.03 bits per heavy atom. The van der Waals surface area contributed by atoms with Crippen molar-refractivity contribution in [2.45, 2.75) is 28.4 Å². The van der Waals surface area contributed by atoms with Gasteiger partial charge in [-0.25, -0.2) is 4.98 Å². The van der Waals surface area contributed by atoms with Gasteiger partial charge in [-0.15, -0.1) is 11.8 Å². The van der Waals surface area contributed by atoms with Crippen molar-refractivity contribution in [2.24, 2.45) is 0 Å². The summed E-state index contributed by atoms with van der Waals surface area (Å²) < 4.78 is 5.09. The lowest BCUT2D eigenvalue weighted by molar-refractivity contribution is 0.102. The molecule has 0 saturated heterocycles. The van der Waals surface area contributed by atoms with Crippen molar-refractivity contribution in [3.8, 4) is 0 Å². The number of anilines is 1. The molecule has 0 unspecified atom stereocenters. The van der Waals surface area contributed by atoms with Crippen LogP contribution in [0.25, 0.3) is 0 Å². The van der Waals surface area contributed by atoms with E-state index in [9.17, 15) is 4.79 Å². The fourth-order valence-electron chi connectivity index (χ4n) is 2.79. The molecule has 1 aromatic carbocycles. The average molecular weight is 449 g/mol. The molecule has 0 aliphatic rings. The molecule has 4 aromatic rings.